The number of unbranched alkanes of at least 4 members (excludes halogenated alkanes) is 1. The van der Waals surface area contributed by atoms with Crippen molar-refractivity contribution in [3.05, 3.63) is 107 Å². The molecule has 1 unspecified atom stereocenters. The molecule has 0 saturated heterocycles. The predicted molar refractivity (Wildman–Crippen MR) is 159 cm³/mol. The van der Waals surface area contributed by atoms with Gasteiger partial charge in [-0.1, -0.05) is 80.1 Å². The number of allylic oxidation sites excluding steroid dienone is 2. The molecule has 0 spiro atoms. The van der Waals surface area contributed by atoms with E-state index in [0.717, 1.165) is 35.2 Å². The Morgan fingerprint density at radius 2 is 1.66 bits per heavy atom. The van der Waals surface area contributed by atoms with Crippen molar-refractivity contribution >= 4 is 17.5 Å². The standard InChI is InChI=1S/C35H37NO5/c1-4-5-18-40-35(38)32-23(2)36-28-19-27(25-14-10-7-11-15-25)20-29(37)34(28)33(32)26-16-17-30(31(21-26)39-3)41-22-24-12-8-6-9-13-24/h6-17,21,27,32-33H,4-5,18-20,22H2,1-3H3/t27-,32?,33+/m1/s1. The molecule has 6 heteroatoms. The molecule has 1 heterocycles. The number of hydrogen-bond donors (Lipinski definition) is 0. The van der Waals surface area contributed by atoms with Gasteiger partial charge in [-0.25, -0.2) is 0 Å². The molecular formula is C35H37NO5. The van der Waals surface area contributed by atoms with Gasteiger partial charge in [0.1, 0.15) is 12.5 Å². The van der Waals surface area contributed by atoms with E-state index in [1.807, 2.05) is 73.7 Å². The van der Waals surface area contributed by atoms with E-state index in [0.29, 0.717) is 48.8 Å². The molecule has 41 heavy (non-hydrogen) atoms. The predicted octanol–water partition coefficient (Wildman–Crippen LogP) is 7.19. The summed E-state index contributed by atoms with van der Waals surface area (Å²) in [5, 5.41) is 0. The van der Waals surface area contributed by atoms with Crippen molar-refractivity contribution in [1.82, 2.24) is 0 Å². The summed E-state index contributed by atoms with van der Waals surface area (Å²) >= 11 is 0. The first-order valence-electron chi connectivity index (χ1n) is 14.4. The van der Waals surface area contributed by atoms with Crippen LogP contribution in [-0.2, 0) is 20.9 Å². The van der Waals surface area contributed by atoms with Crippen molar-refractivity contribution in [2.75, 3.05) is 13.7 Å². The summed E-state index contributed by atoms with van der Waals surface area (Å²) in [6, 6.07) is 25.7. The van der Waals surface area contributed by atoms with Crippen LogP contribution in [0.2, 0.25) is 0 Å². The second-order valence-corrected chi connectivity index (χ2v) is 10.7. The first-order chi connectivity index (χ1) is 20.0. The highest BCUT2D eigenvalue weighted by molar-refractivity contribution is 6.09. The van der Waals surface area contributed by atoms with Crippen molar-refractivity contribution in [1.29, 1.82) is 0 Å². The number of esters is 1. The average Bonchev–Trinajstić information content (AvgIpc) is 3.00. The lowest BCUT2D eigenvalue weighted by molar-refractivity contribution is -0.146. The fourth-order valence-corrected chi connectivity index (χ4v) is 5.83. The van der Waals surface area contributed by atoms with Gasteiger partial charge in [0.15, 0.2) is 17.3 Å². The highest BCUT2D eigenvalue weighted by Crippen LogP contribution is 2.48. The normalized spacial score (nSPS) is 20.2. The molecule has 0 saturated carbocycles. The lowest BCUT2D eigenvalue weighted by atomic mass is 9.69. The van der Waals surface area contributed by atoms with Crippen molar-refractivity contribution < 1.29 is 23.8 Å². The zero-order valence-corrected chi connectivity index (χ0v) is 24.0. The van der Waals surface area contributed by atoms with Gasteiger partial charge in [0, 0.05) is 29.3 Å². The third-order valence-corrected chi connectivity index (χ3v) is 7.94. The van der Waals surface area contributed by atoms with E-state index in [9.17, 15) is 9.59 Å². The van der Waals surface area contributed by atoms with E-state index in [1.165, 1.54) is 0 Å². The van der Waals surface area contributed by atoms with Crippen LogP contribution >= 0.6 is 0 Å². The van der Waals surface area contributed by atoms with Gasteiger partial charge >= 0.3 is 5.97 Å². The van der Waals surface area contributed by atoms with E-state index < -0.39 is 11.8 Å². The quantitative estimate of drug-likeness (QED) is 0.197. The van der Waals surface area contributed by atoms with Crippen LogP contribution in [0.25, 0.3) is 0 Å². The average molecular weight is 552 g/mol. The Kier molecular flexibility index (Phi) is 8.98. The number of methoxy groups -OCH3 is 1. The van der Waals surface area contributed by atoms with Crippen LogP contribution in [0.1, 0.15) is 68.1 Å². The fourth-order valence-electron chi connectivity index (χ4n) is 5.83. The van der Waals surface area contributed by atoms with Crippen molar-refractivity contribution in [2.24, 2.45) is 10.9 Å². The number of ether oxygens (including phenoxy) is 3. The van der Waals surface area contributed by atoms with Crippen LogP contribution in [0.3, 0.4) is 0 Å². The molecule has 0 aromatic heterocycles. The molecule has 0 bridgehead atoms. The number of benzene rings is 3. The van der Waals surface area contributed by atoms with Gasteiger partial charge in [0.2, 0.25) is 0 Å². The zero-order valence-electron chi connectivity index (χ0n) is 24.0. The molecular weight excluding hydrogens is 514 g/mol. The monoisotopic (exact) mass is 551 g/mol. The maximum absolute atomic E-state index is 13.9. The Morgan fingerprint density at radius 3 is 2.37 bits per heavy atom. The van der Waals surface area contributed by atoms with Crippen LogP contribution in [-0.4, -0.2) is 31.2 Å². The number of nitrogens with zero attached hydrogens (tertiary/aromatic N) is 1. The lowest BCUT2D eigenvalue weighted by Gasteiger charge is -2.36. The van der Waals surface area contributed by atoms with Gasteiger partial charge in [-0.2, -0.15) is 0 Å². The number of carbonyl (C=O) groups excluding carboxylic acids is 2. The molecule has 6 nitrogen and oxygen atoms in total. The molecule has 0 amide bonds. The summed E-state index contributed by atoms with van der Waals surface area (Å²) in [6.07, 6.45) is 2.73. The second-order valence-electron chi connectivity index (χ2n) is 10.7. The zero-order chi connectivity index (χ0) is 28.8. The second kappa shape index (κ2) is 13.0. The van der Waals surface area contributed by atoms with Gasteiger partial charge in [-0.15, -0.1) is 0 Å². The van der Waals surface area contributed by atoms with E-state index in [-0.39, 0.29) is 17.7 Å². The molecule has 1 aliphatic heterocycles. The lowest BCUT2D eigenvalue weighted by Crippen LogP contribution is -2.38. The summed E-state index contributed by atoms with van der Waals surface area (Å²) in [4.78, 5) is 32.3. The summed E-state index contributed by atoms with van der Waals surface area (Å²) in [6.45, 7) is 4.66. The number of Topliss-reactive ketones (excluding diaryl/α,β-unsaturated/α-hetero) is 1. The molecule has 5 rings (SSSR count). The number of hydrogen-bond acceptors (Lipinski definition) is 6. The maximum Gasteiger partial charge on any atom is 0.315 e. The Hall–Kier alpha value is -4.19. The van der Waals surface area contributed by atoms with Crippen LogP contribution in [0, 0.1) is 5.92 Å². The molecule has 3 atom stereocenters. The number of aliphatic imine (C=N–C) groups is 1. The Balaban J connectivity index is 1.51. The van der Waals surface area contributed by atoms with Gasteiger partial charge in [0.25, 0.3) is 0 Å². The van der Waals surface area contributed by atoms with Crippen molar-refractivity contribution in [3.8, 4) is 11.5 Å². The highest BCUT2D eigenvalue weighted by Gasteiger charge is 2.45. The van der Waals surface area contributed by atoms with Gasteiger partial charge in [0.05, 0.1) is 13.7 Å². The Labute approximate surface area is 242 Å². The van der Waals surface area contributed by atoms with E-state index >= 15 is 0 Å². The van der Waals surface area contributed by atoms with E-state index in [2.05, 4.69) is 19.1 Å². The van der Waals surface area contributed by atoms with E-state index in [4.69, 9.17) is 19.2 Å². The van der Waals surface area contributed by atoms with Crippen LogP contribution in [0.5, 0.6) is 11.5 Å². The number of carbonyl (C=O) groups is 2. The smallest absolute Gasteiger partial charge is 0.315 e. The maximum atomic E-state index is 13.9. The van der Waals surface area contributed by atoms with Crippen molar-refractivity contribution in [3.63, 3.8) is 0 Å². The summed E-state index contributed by atoms with van der Waals surface area (Å²) < 4.78 is 17.5. The molecule has 0 fully saturated rings. The van der Waals surface area contributed by atoms with E-state index in [1.54, 1.807) is 7.11 Å². The SMILES string of the molecule is CCCCOC(=O)C1C(C)=NC2=C(C(=O)C[C@H](c3ccccc3)C2)[C@H]1c1ccc(OCc2ccccc2)c(OC)c1. The minimum atomic E-state index is -0.691. The summed E-state index contributed by atoms with van der Waals surface area (Å²) in [5.41, 5.74) is 5.02. The van der Waals surface area contributed by atoms with Gasteiger partial charge in [-0.05, 0) is 54.5 Å². The molecule has 0 N–H and O–H groups in total. The van der Waals surface area contributed by atoms with Crippen LogP contribution in [0.4, 0.5) is 0 Å². The number of rotatable bonds is 10. The van der Waals surface area contributed by atoms with Crippen LogP contribution < -0.4 is 9.47 Å². The van der Waals surface area contributed by atoms with Crippen molar-refractivity contribution in [2.45, 2.75) is 58.0 Å². The minimum Gasteiger partial charge on any atom is -0.493 e. The molecule has 212 valence electrons. The third-order valence-electron chi connectivity index (χ3n) is 7.94. The Bertz CT molecular complexity index is 1440. The topological polar surface area (TPSA) is 74.2 Å². The minimum absolute atomic E-state index is 0.0242. The fraction of sp³-hybridized carbons (Fsp3) is 0.343. The highest BCUT2D eigenvalue weighted by atomic mass is 16.5. The summed E-state index contributed by atoms with van der Waals surface area (Å²) in [7, 11) is 1.60. The molecule has 0 radical (unpaired) electrons. The van der Waals surface area contributed by atoms with Gasteiger partial charge in [-0.3, -0.25) is 14.6 Å². The molecule has 1 aliphatic carbocycles. The molecule has 2 aliphatic rings. The Morgan fingerprint density at radius 1 is 0.927 bits per heavy atom. The molecule has 3 aromatic carbocycles. The van der Waals surface area contributed by atoms with Crippen LogP contribution in [0.15, 0.2) is 95.1 Å². The first kappa shape index (κ1) is 28.3. The summed E-state index contributed by atoms with van der Waals surface area (Å²) in [5.74, 6) is -0.341. The first-order valence-corrected chi connectivity index (χ1v) is 14.4. The molecule has 3 aromatic rings. The third kappa shape index (κ3) is 6.27. The van der Waals surface area contributed by atoms with Gasteiger partial charge < -0.3 is 14.2 Å². The largest absolute Gasteiger partial charge is 0.493 e. The number of ketones is 1.